The molecule has 1 fully saturated rings. The molecule has 2 heterocycles. The fourth-order valence-electron chi connectivity index (χ4n) is 3.42. The van der Waals surface area contributed by atoms with Crippen molar-refractivity contribution >= 4 is 11.7 Å². The third-order valence-corrected chi connectivity index (χ3v) is 5.07. The maximum atomic E-state index is 12.6. The number of hydrogen-bond donors (Lipinski definition) is 1. The molecule has 1 aliphatic carbocycles. The van der Waals surface area contributed by atoms with E-state index in [0.717, 1.165) is 31.6 Å². The van der Waals surface area contributed by atoms with Gasteiger partial charge in [0.15, 0.2) is 0 Å². The van der Waals surface area contributed by atoms with Gasteiger partial charge in [0, 0.05) is 43.8 Å². The molecule has 1 aliphatic rings. The zero-order valence-electron chi connectivity index (χ0n) is 15.5. The number of rotatable bonds is 6. The molecule has 3 rings (SSSR count). The van der Waals surface area contributed by atoms with Gasteiger partial charge in [-0.3, -0.25) is 9.78 Å². The second-order valence-electron chi connectivity index (χ2n) is 7.09. The number of carbonyl (C=O) groups excluding carboxylic acids is 1. The van der Waals surface area contributed by atoms with Crippen LogP contribution in [0.3, 0.4) is 0 Å². The van der Waals surface area contributed by atoms with Crippen LogP contribution in [0.1, 0.15) is 54.4 Å². The summed E-state index contributed by atoms with van der Waals surface area (Å²) in [6.45, 7) is 0.838. The first-order valence-electron chi connectivity index (χ1n) is 9.59. The number of carbonyl (C=O) groups is 1. The zero-order valence-corrected chi connectivity index (χ0v) is 15.5. The molecule has 1 N–H and O–H groups in total. The molecule has 5 nitrogen and oxygen atoms in total. The maximum Gasteiger partial charge on any atom is 0.251 e. The van der Waals surface area contributed by atoms with Gasteiger partial charge in [0.05, 0.1) is 0 Å². The van der Waals surface area contributed by atoms with Gasteiger partial charge in [-0.25, -0.2) is 4.98 Å². The summed E-state index contributed by atoms with van der Waals surface area (Å²) in [4.78, 5) is 23.2. The second kappa shape index (κ2) is 9.32. The molecule has 0 atom stereocenters. The molecule has 0 saturated heterocycles. The molecule has 0 bridgehead atoms. The summed E-state index contributed by atoms with van der Waals surface area (Å²) in [5, 5.41) is 3.21. The van der Waals surface area contributed by atoms with E-state index in [2.05, 4.69) is 20.2 Å². The molecule has 1 amide bonds. The van der Waals surface area contributed by atoms with Crippen molar-refractivity contribution < 1.29 is 4.79 Å². The zero-order chi connectivity index (χ0) is 18.2. The highest BCUT2D eigenvalue weighted by atomic mass is 16.1. The predicted octanol–water partition coefficient (Wildman–Crippen LogP) is 3.61. The van der Waals surface area contributed by atoms with Gasteiger partial charge in [-0.15, -0.1) is 0 Å². The van der Waals surface area contributed by atoms with E-state index in [1.165, 1.54) is 31.2 Å². The number of nitrogens with one attached hydrogen (secondary N) is 1. The van der Waals surface area contributed by atoms with Crippen molar-refractivity contribution in [3.8, 4) is 0 Å². The number of anilines is 1. The first-order valence-corrected chi connectivity index (χ1v) is 9.59. The first-order chi connectivity index (χ1) is 12.7. The van der Waals surface area contributed by atoms with Crippen LogP contribution in [-0.4, -0.2) is 35.5 Å². The third-order valence-electron chi connectivity index (χ3n) is 5.07. The normalized spacial score (nSPS) is 15.3. The third kappa shape index (κ3) is 5.28. The van der Waals surface area contributed by atoms with Crippen LogP contribution in [0, 0.1) is 0 Å². The Morgan fingerprint density at radius 2 is 1.85 bits per heavy atom. The van der Waals surface area contributed by atoms with Gasteiger partial charge in [0.25, 0.3) is 5.91 Å². The summed E-state index contributed by atoms with van der Waals surface area (Å²) < 4.78 is 0. The van der Waals surface area contributed by atoms with E-state index in [0.29, 0.717) is 11.6 Å². The quantitative estimate of drug-likeness (QED) is 0.807. The minimum Gasteiger partial charge on any atom is -0.359 e. The SMILES string of the molecule is CN(CCc1ccncc1)c1cc(C(=O)NC2CCCCCC2)ccn1. The molecule has 138 valence electrons. The first kappa shape index (κ1) is 18.4. The van der Waals surface area contributed by atoms with Crippen LogP contribution in [0.25, 0.3) is 0 Å². The molecule has 2 aromatic heterocycles. The Balaban J connectivity index is 1.58. The van der Waals surface area contributed by atoms with Crippen LogP contribution >= 0.6 is 0 Å². The highest BCUT2D eigenvalue weighted by Crippen LogP contribution is 2.18. The Morgan fingerprint density at radius 3 is 2.58 bits per heavy atom. The fourth-order valence-corrected chi connectivity index (χ4v) is 3.42. The van der Waals surface area contributed by atoms with Gasteiger partial charge in [0.2, 0.25) is 0 Å². The number of aromatic nitrogens is 2. The molecule has 0 aromatic carbocycles. The van der Waals surface area contributed by atoms with E-state index in [-0.39, 0.29) is 5.91 Å². The second-order valence-corrected chi connectivity index (χ2v) is 7.09. The van der Waals surface area contributed by atoms with Crippen LogP contribution < -0.4 is 10.2 Å². The summed E-state index contributed by atoms with van der Waals surface area (Å²) in [6.07, 6.45) is 13.4. The van der Waals surface area contributed by atoms with Crippen LogP contribution in [0.15, 0.2) is 42.9 Å². The summed E-state index contributed by atoms with van der Waals surface area (Å²) in [7, 11) is 2.01. The Labute approximate surface area is 155 Å². The van der Waals surface area contributed by atoms with Crippen molar-refractivity contribution in [2.24, 2.45) is 0 Å². The average molecular weight is 352 g/mol. The number of likely N-dealkylation sites (N-methyl/N-ethyl adjacent to an activating group) is 1. The maximum absolute atomic E-state index is 12.6. The Morgan fingerprint density at radius 1 is 1.12 bits per heavy atom. The van der Waals surface area contributed by atoms with E-state index in [1.807, 2.05) is 37.6 Å². The van der Waals surface area contributed by atoms with Crippen LogP contribution in [0.4, 0.5) is 5.82 Å². The number of nitrogens with zero attached hydrogens (tertiary/aromatic N) is 3. The lowest BCUT2D eigenvalue weighted by Crippen LogP contribution is -2.34. The number of hydrogen-bond acceptors (Lipinski definition) is 4. The Bertz CT molecular complexity index is 696. The van der Waals surface area contributed by atoms with Crippen molar-refractivity contribution in [1.29, 1.82) is 0 Å². The molecule has 0 aliphatic heterocycles. The lowest BCUT2D eigenvalue weighted by Gasteiger charge is -2.20. The minimum atomic E-state index is 0.0167. The van der Waals surface area contributed by atoms with Gasteiger partial charge in [-0.2, -0.15) is 0 Å². The van der Waals surface area contributed by atoms with Crippen molar-refractivity contribution in [2.45, 2.75) is 51.0 Å². The molecule has 2 aromatic rings. The lowest BCUT2D eigenvalue weighted by atomic mass is 10.1. The lowest BCUT2D eigenvalue weighted by molar-refractivity contribution is 0.0933. The van der Waals surface area contributed by atoms with Crippen LogP contribution in [-0.2, 0) is 6.42 Å². The largest absolute Gasteiger partial charge is 0.359 e. The molecule has 1 saturated carbocycles. The molecular formula is C21H28N4O. The molecular weight excluding hydrogens is 324 g/mol. The standard InChI is InChI=1S/C21H28N4O/c1-25(15-11-17-8-12-22-13-9-17)20-16-18(10-14-23-20)21(26)24-19-6-4-2-3-5-7-19/h8-10,12-14,16,19H,2-7,11,15H2,1H3,(H,24,26). The molecule has 26 heavy (non-hydrogen) atoms. The smallest absolute Gasteiger partial charge is 0.251 e. The Kier molecular flexibility index (Phi) is 6.58. The fraction of sp³-hybridized carbons (Fsp3) is 0.476. The van der Waals surface area contributed by atoms with Crippen molar-refractivity contribution in [1.82, 2.24) is 15.3 Å². The molecule has 0 spiro atoms. The summed E-state index contributed by atoms with van der Waals surface area (Å²) in [6, 6.07) is 8.05. The monoisotopic (exact) mass is 352 g/mol. The molecule has 5 heteroatoms. The summed E-state index contributed by atoms with van der Waals surface area (Å²) in [5.74, 6) is 0.843. The summed E-state index contributed by atoms with van der Waals surface area (Å²) in [5.41, 5.74) is 1.93. The van der Waals surface area contributed by atoms with E-state index in [4.69, 9.17) is 0 Å². The van der Waals surface area contributed by atoms with Crippen LogP contribution in [0.2, 0.25) is 0 Å². The van der Waals surface area contributed by atoms with E-state index in [9.17, 15) is 4.79 Å². The number of amides is 1. The van der Waals surface area contributed by atoms with Crippen molar-refractivity contribution in [3.63, 3.8) is 0 Å². The molecule has 0 unspecified atom stereocenters. The molecule has 0 radical (unpaired) electrons. The van der Waals surface area contributed by atoms with E-state index < -0.39 is 0 Å². The van der Waals surface area contributed by atoms with Crippen molar-refractivity contribution in [2.75, 3.05) is 18.5 Å². The van der Waals surface area contributed by atoms with Crippen molar-refractivity contribution in [3.05, 3.63) is 54.0 Å². The van der Waals surface area contributed by atoms with Gasteiger partial charge in [0.1, 0.15) is 5.82 Å². The highest BCUT2D eigenvalue weighted by molar-refractivity contribution is 5.95. The average Bonchev–Trinajstić information content (AvgIpc) is 2.95. The van der Waals surface area contributed by atoms with E-state index in [1.54, 1.807) is 12.3 Å². The van der Waals surface area contributed by atoms with Gasteiger partial charge >= 0.3 is 0 Å². The minimum absolute atomic E-state index is 0.0167. The van der Waals surface area contributed by atoms with Crippen LogP contribution in [0.5, 0.6) is 0 Å². The number of pyridine rings is 2. The van der Waals surface area contributed by atoms with Gasteiger partial charge < -0.3 is 10.2 Å². The highest BCUT2D eigenvalue weighted by Gasteiger charge is 2.16. The Hall–Kier alpha value is -2.43. The van der Waals surface area contributed by atoms with Gasteiger partial charge in [-0.1, -0.05) is 25.7 Å². The summed E-state index contributed by atoms with van der Waals surface area (Å²) >= 11 is 0. The predicted molar refractivity (Wildman–Crippen MR) is 104 cm³/mol. The van der Waals surface area contributed by atoms with Gasteiger partial charge in [-0.05, 0) is 49.1 Å². The topological polar surface area (TPSA) is 58.1 Å². The van der Waals surface area contributed by atoms with E-state index >= 15 is 0 Å².